The Kier molecular flexibility index (Phi) is 7.17. The van der Waals surface area contributed by atoms with Crippen LogP contribution in [-0.2, 0) is 9.59 Å². The summed E-state index contributed by atoms with van der Waals surface area (Å²) in [7, 11) is 0. The molecule has 0 unspecified atom stereocenters. The molecule has 0 heterocycles. The number of halogens is 3. The van der Waals surface area contributed by atoms with Gasteiger partial charge in [0.15, 0.2) is 0 Å². The van der Waals surface area contributed by atoms with Gasteiger partial charge in [0.1, 0.15) is 10.5 Å². The number of hydrogen-bond acceptors (Lipinski definition) is 3. The van der Waals surface area contributed by atoms with Gasteiger partial charge in [-0.25, -0.2) is 4.79 Å². The third-order valence-electron chi connectivity index (χ3n) is 1.34. The molecule has 2 N–H and O–H groups in total. The van der Waals surface area contributed by atoms with E-state index >= 15 is 0 Å². The third-order valence-corrected chi connectivity index (χ3v) is 2.67. The minimum Gasteiger partial charge on any atom is -0.480 e. The van der Waals surface area contributed by atoms with Gasteiger partial charge in [-0.15, -0.1) is 0 Å². The molecule has 0 saturated heterocycles. The van der Waals surface area contributed by atoms with Gasteiger partial charge in [0, 0.05) is 5.75 Å². The number of nitrogens with one attached hydrogen (secondary N) is 1. The number of rotatable bonds is 5. The zero-order chi connectivity index (χ0) is 12.0. The van der Waals surface area contributed by atoms with Crippen LogP contribution in [0, 0.1) is 0 Å². The minimum atomic E-state index is -1.17. The Morgan fingerprint density at radius 3 is 2.20 bits per heavy atom. The lowest BCUT2D eigenvalue weighted by molar-refractivity contribution is -0.141. The second-order valence-electron chi connectivity index (χ2n) is 2.48. The van der Waals surface area contributed by atoms with Crippen molar-refractivity contribution < 1.29 is 14.7 Å². The minimum absolute atomic E-state index is 0.0169. The smallest absolute Gasteiger partial charge is 0.327 e. The van der Waals surface area contributed by atoms with Gasteiger partial charge >= 0.3 is 5.97 Å². The van der Waals surface area contributed by atoms with Gasteiger partial charge in [0.2, 0.25) is 5.91 Å². The fraction of sp³-hybridized carbons (Fsp3) is 0.429. The number of carbonyl (C=O) groups is 2. The molecule has 0 aromatic carbocycles. The molecule has 0 aromatic rings. The van der Waals surface area contributed by atoms with Crippen LogP contribution in [0.1, 0.15) is 6.42 Å². The van der Waals surface area contributed by atoms with Gasteiger partial charge in [0.05, 0.1) is 11.5 Å². The van der Waals surface area contributed by atoms with Crippen molar-refractivity contribution in [2.75, 3.05) is 5.75 Å². The first-order chi connectivity index (χ1) is 6.88. The Hall–Kier alpha value is -0.100. The zero-order valence-electron chi connectivity index (χ0n) is 7.34. The van der Waals surface area contributed by atoms with Crippen molar-refractivity contribution in [3.8, 4) is 0 Å². The summed E-state index contributed by atoms with van der Waals surface area (Å²) in [6.45, 7) is 0. The Balaban J connectivity index is 4.26. The van der Waals surface area contributed by atoms with Crippen molar-refractivity contribution in [1.82, 2.24) is 5.32 Å². The highest BCUT2D eigenvalue weighted by molar-refractivity contribution is 7.80. The van der Waals surface area contributed by atoms with E-state index in [0.29, 0.717) is 0 Å². The van der Waals surface area contributed by atoms with Gasteiger partial charge < -0.3 is 10.4 Å². The molecule has 1 atom stereocenters. The molecular formula is C7H8Cl3NO3S. The molecule has 0 saturated carbocycles. The van der Waals surface area contributed by atoms with Crippen molar-refractivity contribution >= 4 is 59.3 Å². The van der Waals surface area contributed by atoms with E-state index in [1.165, 1.54) is 0 Å². The summed E-state index contributed by atoms with van der Waals surface area (Å²) in [5.74, 6) is -1.77. The molecule has 0 aliphatic rings. The Bertz CT molecular complexity index is 291. The van der Waals surface area contributed by atoms with Crippen molar-refractivity contribution in [1.29, 1.82) is 0 Å². The highest BCUT2D eigenvalue weighted by Gasteiger charge is 2.18. The molecule has 0 spiro atoms. The highest BCUT2D eigenvalue weighted by atomic mass is 35.5. The molecule has 0 aliphatic heterocycles. The van der Waals surface area contributed by atoms with Crippen LogP contribution < -0.4 is 5.32 Å². The first-order valence-corrected chi connectivity index (χ1v) is 5.47. The van der Waals surface area contributed by atoms with Gasteiger partial charge in [0.25, 0.3) is 0 Å². The molecule has 86 valence electrons. The molecule has 4 nitrogen and oxygen atoms in total. The van der Waals surface area contributed by atoms with Crippen molar-refractivity contribution in [2.24, 2.45) is 0 Å². The summed E-state index contributed by atoms with van der Waals surface area (Å²) in [6, 6.07) is -1.06. The predicted octanol–water partition coefficient (Wildman–Crippen LogP) is 1.76. The number of carboxylic acid groups (broad SMARTS) is 1. The van der Waals surface area contributed by atoms with Crippen LogP contribution in [0.5, 0.6) is 0 Å². The van der Waals surface area contributed by atoms with E-state index in [9.17, 15) is 9.59 Å². The fourth-order valence-electron chi connectivity index (χ4n) is 0.639. The van der Waals surface area contributed by atoms with Crippen LogP contribution in [0.15, 0.2) is 9.52 Å². The van der Waals surface area contributed by atoms with E-state index in [1.54, 1.807) is 0 Å². The molecule has 0 rings (SSSR count). The maximum atomic E-state index is 11.2. The third kappa shape index (κ3) is 6.14. The van der Waals surface area contributed by atoms with Crippen LogP contribution in [0.4, 0.5) is 0 Å². The second kappa shape index (κ2) is 7.22. The summed E-state index contributed by atoms with van der Waals surface area (Å²) < 4.78 is -0.218. The molecule has 15 heavy (non-hydrogen) atoms. The number of carbonyl (C=O) groups excluding carboxylic acids is 1. The number of thiol groups is 1. The normalized spacial score (nSPS) is 11.7. The maximum Gasteiger partial charge on any atom is 0.327 e. The van der Waals surface area contributed by atoms with E-state index in [0.717, 1.165) is 0 Å². The predicted molar refractivity (Wildman–Crippen MR) is 62.6 cm³/mol. The first kappa shape index (κ1) is 14.9. The van der Waals surface area contributed by atoms with E-state index in [2.05, 4.69) is 17.9 Å². The van der Waals surface area contributed by atoms with E-state index in [-0.39, 0.29) is 21.7 Å². The standard InChI is InChI=1S/C7H8Cl3NO3S/c8-3(6(9)10)1-5(12)11-4(2-15)7(13)14/h4,15H,1-2H2,(H,11,12)(H,13,14)/t4-/m0/s1. The largest absolute Gasteiger partial charge is 0.480 e. The van der Waals surface area contributed by atoms with Crippen LogP contribution in [-0.4, -0.2) is 28.8 Å². The number of hydrogen-bond donors (Lipinski definition) is 3. The van der Waals surface area contributed by atoms with Crippen molar-refractivity contribution in [3.63, 3.8) is 0 Å². The molecule has 1 amide bonds. The molecule has 0 aromatic heterocycles. The maximum absolute atomic E-state index is 11.2. The van der Waals surface area contributed by atoms with Gasteiger partial charge in [-0.05, 0) is 0 Å². The Morgan fingerprint density at radius 1 is 1.33 bits per heavy atom. The SMILES string of the molecule is O=C(CC(Cl)=C(Cl)Cl)N[C@@H](CS)C(=O)O. The summed E-state index contributed by atoms with van der Waals surface area (Å²) in [4.78, 5) is 21.7. The summed E-state index contributed by atoms with van der Waals surface area (Å²) in [6.07, 6.45) is -0.262. The number of amides is 1. The summed E-state index contributed by atoms with van der Waals surface area (Å²) in [5, 5.41) is 10.8. The lowest BCUT2D eigenvalue weighted by atomic mass is 10.3. The molecule has 0 aliphatic carbocycles. The number of aliphatic carboxylic acids is 1. The van der Waals surface area contributed by atoms with Gasteiger partial charge in [-0.1, -0.05) is 34.8 Å². The van der Waals surface area contributed by atoms with Gasteiger partial charge in [-0.2, -0.15) is 12.6 Å². The van der Waals surface area contributed by atoms with Crippen LogP contribution in [0.3, 0.4) is 0 Å². The Labute approximate surface area is 107 Å². The van der Waals surface area contributed by atoms with Gasteiger partial charge in [-0.3, -0.25) is 4.79 Å². The first-order valence-electron chi connectivity index (χ1n) is 3.71. The van der Waals surface area contributed by atoms with Crippen LogP contribution >= 0.6 is 47.4 Å². The van der Waals surface area contributed by atoms with E-state index < -0.39 is 17.9 Å². The molecular weight excluding hydrogens is 285 g/mol. The monoisotopic (exact) mass is 291 g/mol. The van der Waals surface area contributed by atoms with Crippen molar-refractivity contribution in [3.05, 3.63) is 9.52 Å². The Morgan fingerprint density at radius 2 is 1.87 bits per heavy atom. The summed E-state index contributed by atoms with van der Waals surface area (Å²) >= 11 is 19.9. The molecule has 0 fully saturated rings. The van der Waals surface area contributed by atoms with Crippen LogP contribution in [0.2, 0.25) is 0 Å². The van der Waals surface area contributed by atoms with Crippen molar-refractivity contribution in [2.45, 2.75) is 12.5 Å². The van der Waals surface area contributed by atoms with E-state index in [4.69, 9.17) is 39.9 Å². The van der Waals surface area contributed by atoms with E-state index in [1.807, 2.05) is 0 Å². The molecule has 8 heteroatoms. The zero-order valence-corrected chi connectivity index (χ0v) is 10.5. The number of carboxylic acids is 1. The second-order valence-corrected chi connectivity index (χ2v) is 4.25. The quantitative estimate of drug-likeness (QED) is 0.677. The van der Waals surface area contributed by atoms with Crippen LogP contribution in [0.25, 0.3) is 0 Å². The fourth-order valence-corrected chi connectivity index (χ4v) is 1.14. The topological polar surface area (TPSA) is 66.4 Å². The average molecular weight is 293 g/mol. The summed E-state index contributed by atoms with van der Waals surface area (Å²) in [5.41, 5.74) is 0. The molecule has 0 radical (unpaired) electrons. The lowest BCUT2D eigenvalue weighted by Crippen LogP contribution is -2.42. The molecule has 0 bridgehead atoms. The lowest BCUT2D eigenvalue weighted by Gasteiger charge is -2.11. The highest BCUT2D eigenvalue weighted by Crippen LogP contribution is 2.20. The average Bonchev–Trinajstić information content (AvgIpc) is 2.13.